The van der Waals surface area contributed by atoms with E-state index >= 15 is 0 Å². The molecule has 2 heterocycles. The predicted octanol–water partition coefficient (Wildman–Crippen LogP) is 6.04. The second-order valence-corrected chi connectivity index (χ2v) is 7.08. The minimum atomic E-state index is -0.288. The summed E-state index contributed by atoms with van der Waals surface area (Å²) >= 11 is 6.08. The summed E-state index contributed by atoms with van der Waals surface area (Å²) in [5, 5.41) is 7.30. The molecule has 4 nitrogen and oxygen atoms in total. The molecule has 2 aromatic heterocycles. The summed E-state index contributed by atoms with van der Waals surface area (Å²) in [7, 11) is 1.63. The van der Waals surface area contributed by atoms with Crippen LogP contribution in [0.25, 0.3) is 38.8 Å². The Bertz CT molecular complexity index is 1350. The molecule has 0 saturated carbocycles. The molecule has 3 aromatic carbocycles. The number of benzene rings is 3. The molecular weight excluding hydrogens is 389 g/mol. The van der Waals surface area contributed by atoms with Crippen LogP contribution >= 0.6 is 11.6 Å². The molecule has 0 bridgehead atoms. The number of nitrogens with zero attached hydrogens (tertiary/aromatic N) is 3. The zero-order valence-corrected chi connectivity index (χ0v) is 16.2. The quantitative estimate of drug-likeness (QED) is 0.368. The molecule has 0 aliphatic heterocycles. The van der Waals surface area contributed by atoms with Crippen molar-refractivity contribution in [3.05, 3.63) is 83.8 Å². The van der Waals surface area contributed by atoms with E-state index in [1.165, 1.54) is 12.1 Å². The Balaban J connectivity index is 1.88. The standard InChI is InChI=1S/C23H15ClFN3O/c1-29-18-10-11-21-19(12-18)23-20(13-26-21)22(14-2-6-16(25)7-3-14)27-28(23)17-8-4-15(24)5-9-17/h2-13H,1H3. The molecule has 0 saturated heterocycles. The van der Waals surface area contributed by atoms with Crippen LogP contribution in [-0.4, -0.2) is 21.9 Å². The first-order chi connectivity index (χ1) is 14.1. The van der Waals surface area contributed by atoms with E-state index in [4.69, 9.17) is 21.4 Å². The third-order valence-corrected chi connectivity index (χ3v) is 5.15. The minimum absolute atomic E-state index is 0.288. The number of hydrogen-bond acceptors (Lipinski definition) is 3. The van der Waals surface area contributed by atoms with Crippen molar-refractivity contribution in [1.29, 1.82) is 0 Å². The molecule has 0 N–H and O–H groups in total. The van der Waals surface area contributed by atoms with Gasteiger partial charge in [0.2, 0.25) is 0 Å². The van der Waals surface area contributed by atoms with Crippen LogP contribution in [0, 0.1) is 5.82 Å². The summed E-state index contributed by atoms with van der Waals surface area (Å²) in [4.78, 5) is 4.61. The predicted molar refractivity (Wildman–Crippen MR) is 113 cm³/mol. The topological polar surface area (TPSA) is 39.9 Å². The minimum Gasteiger partial charge on any atom is -0.497 e. The molecule has 5 rings (SSSR count). The first kappa shape index (κ1) is 17.6. The maximum absolute atomic E-state index is 13.5. The summed E-state index contributed by atoms with van der Waals surface area (Å²) in [6.45, 7) is 0. The summed E-state index contributed by atoms with van der Waals surface area (Å²) < 4.78 is 20.7. The molecule has 6 heteroatoms. The Kier molecular flexibility index (Phi) is 4.18. The zero-order valence-electron chi connectivity index (χ0n) is 15.4. The maximum Gasteiger partial charge on any atom is 0.123 e. The van der Waals surface area contributed by atoms with Crippen molar-refractivity contribution in [2.75, 3.05) is 7.11 Å². The molecule has 29 heavy (non-hydrogen) atoms. The average molecular weight is 404 g/mol. The Morgan fingerprint density at radius 1 is 0.931 bits per heavy atom. The normalized spacial score (nSPS) is 11.3. The van der Waals surface area contributed by atoms with Crippen LogP contribution < -0.4 is 4.74 Å². The molecule has 0 fully saturated rings. The molecule has 142 valence electrons. The zero-order chi connectivity index (χ0) is 20.0. The van der Waals surface area contributed by atoms with Gasteiger partial charge in [-0.3, -0.25) is 4.98 Å². The fourth-order valence-electron chi connectivity index (χ4n) is 3.48. The summed E-state index contributed by atoms with van der Waals surface area (Å²) in [6, 6.07) is 19.5. The van der Waals surface area contributed by atoms with Crippen LogP contribution in [0.15, 0.2) is 72.9 Å². The van der Waals surface area contributed by atoms with Crippen LogP contribution in [0.1, 0.15) is 0 Å². The number of ether oxygens (including phenoxy) is 1. The van der Waals surface area contributed by atoms with Crippen LogP contribution in [0.2, 0.25) is 5.02 Å². The van der Waals surface area contributed by atoms with Gasteiger partial charge in [-0.05, 0) is 66.7 Å². The third kappa shape index (κ3) is 3.00. The maximum atomic E-state index is 13.5. The summed E-state index contributed by atoms with van der Waals surface area (Å²) in [5.41, 5.74) is 4.14. The van der Waals surface area contributed by atoms with Crippen LogP contribution in [0.3, 0.4) is 0 Å². The highest BCUT2D eigenvalue weighted by atomic mass is 35.5. The van der Waals surface area contributed by atoms with Crippen molar-refractivity contribution in [2.24, 2.45) is 0 Å². The Labute approximate surface area is 171 Å². The highest BCUT2D eigenvalue weighted by molar-refractivity contribution is 6.30. The van der Waals surface area contributed by atoms with Gasteiger partial charge in [-0.15, -0.1) is 0 Å². The van der Waals surface area contributed by atoms with Gasteiger partial charge in [0.25, 0.3) is 0 Å². The average Bonchev–Trinajstić information content (AvgIpc) is 3.14. The highest BCUT2D eigenvalue weighted by Gasteiger charge is 2.17. The van der Waals surface area contributed by atoms with Crippen molar-refractivity contribution >= 4 is 33.4 Å². The van der Waals surface area contributed by atoms with E-state index in [0.717, 1.165) is 44.5 Å². The van der Waals surface area contributed by atoms with Crippen molar-refractivity contribution in [1.82, 2.24) is 14.8 Å². The summed E-state index contributed by atoms with van der Waals surface area (Å²) in [5.74, 6) is 0.447. The van der Waals surface area contributed by atoms with Crippen molar-refractivity contribution in [3.63, 3.8) is 0 Å². The van der Waals surface area contributed by atoms with Gasteiger partial charge in [-0.25, -0.2) is 9.07 Å². The SMILES string of the molecule is COc1ccc2ncc3c(-c4ccc(F)cc4)nn(-c4ccc(Cl)cc4)c3c2c1. The lowest BCUT2D eigenvalue weighted by Crippen LogP contribution is -1.97. The van der Waals surface area contributed by atoms with E-state index in [1.54, 1.807) is 19.2 Å². The molecule has 0 atom stereocenters. The Hall–Kier alpha value is -3.44. The van der Waals surface area contributed by atoms with Gasteiger partial charge in [0.05, 0.1) is 23.8 Å². The van der Waals surface area contributed by atoms with Gasteiger partial charge in [-0.1, -0.05) is 11.6 Å². The lowest BCUT2D eigenvalue weighted by molar-refractivity contribution is 0.415. The lowest BCUT2D eigenvalue weighted by Gasteiger charge is -2.07. The molecule has 0 amide bonds. The van der Waals surface area contributed by atoms with Gasteiger partial charge in [0.15, 0.2) is 0 Å². The molecule has 0 spiro atoms. The number of pyridine rings is 1. The molecule has 0 radical (unpaired) electrons. The smallest absolute Gasteiger partial charge is 0.123 e. The van der Waals surface area contributed by atoms with E-state index < -0.39 is 0 Å². The third-order valence-electron chi connectivity index (χ3n) is 4.90. The van der Waals surface area contributed by atoms with Crippen LogP contribution in [0.4, 0.5) is 4.39 Å². The molecule has 0 aliphatic rings. The Morgan fingerprint density at radius 3 is 2.41 bits per heavy atom. The van der Waals surface area contributed by atoms with Crippen molar-refractivity contribution in [2.45, 2.75) is 0 Å². The van der Waals surface area contributed by atoms with Gasteiger partial charge in [-0.2, -0.15) is 5.10 Å². The van der Waals surface area contributed by atoms with Gasteiger partial charge >= 0.3 is 0 Å². The number of hydrogen-bond donors (Lipinski definition) is 0. The second kappa shape index (κ2) is 6.87. The first-order valence-electron chi connectivity index (χ1n) is 9.01. The fourth-order valence-corrected chi connectivity index (χ4v) is 3.61. The molecule has 0 aliphatic carbocycles. The second-order valence-electron chi connectivity index (χ2n) is 6.65. The first-order valence-corrected chi connectivity index (χ1v) is 9.39. The summed E-state index contributed by atoms with van der Waals surface area (Å²) in [6.07, 6.45) is 1.81. The van der Waals surface area contributed by atoms with E-state index in [2.05, 4.69) is 4.98 Å². The van der Waals surface area contributed by atoms with Gasteiger partial charge in [0, 0.05) is 27.6 Å². The van der Waals surface area contributed by atoms with Crippen molar-refractivity contribution in [3.8, 4) is 22.7 Å². The number of rotatable bonds is 3. The molecular formula is C23H15ClFN3O. The fraction of sp³-hybridized carbons (Fsp3) is 0.0435. The number of aromatic nitrogens is 3. The largest absolute Gasteiger partial charge is 0.497 e. The van der Waals surface area contributed by atoms with Gasteiger partial charge in [0.1, 0.15) is 17.3 Å². The van der Waals surface area contributed by atoms with E-state index in [0.29, 0.717) is 5.02 Å². The number of fused-ring (bicyclic) bond motifs is 3. The van der Waals surface area contributed by atoms with Crippen molar-refractivity contribution < 1.29 is 9.13 Å². The lowest BCUT2D eigenvalue weighted by atomic mass is 10.1. The molecule has 5 aromatic rings. The number of halogens is 2. The van der Waals surface area contributed by atoms with E-state index in [9.17, 15) is 4.39 Å². The van der Waals surface area contributed by atoms with Crippen LogP contribution in [-0.2, 0) is 0 Å². The Morgan fingerprint density at radius 2 is 1.69 bits per heavy atom. The van der Waals surface area contributed by atoms with E-state index in [1.807, 2.05) is 53.3 Å². The molecule has 0 unspecified atom stereocenters. The monoisotopic (exact) mass is 403 g/mol. The van der Waals surface area contributed by atoms with E-state index in [-0.39, 0.29) is 5.82 Å². The number of methoxy groups -OCH3 is 1. The highest BCUT2D eigenvalue weighted by Crippen LogP contribution is 2.35. The van der Waals surface area contributed by atoms with Gasteiger partial charge < -0.3 is 4.74 Å². The van der Waals surface area contributed by atoms with Crippen LogP contribution in [0.5, 0.6) is 5.75 Å².